The Morgan fingerprint density at radius 2 is 1.84 bits per heavy atom. The van der Waals surface area contributed by atoms with E-state index in [1.165, 1.54) is 17.6 Å². The number of ether oxygens (including phenoxy) is 1. The molecular weight excluding hydrogens is 530 g/mol. The standard InChI is InChI=1S/C27H28ClN3O4S2/c1-18(2)35-15-7-14-29-27(32)22-17-24(31(30-22)23-11-5-4-10-21(23)28)26-13-12-25(36-26)19-8-6-9-20(16-19)37(3,33)34/h4-6,8-13,16-18H,7,14-15H2,1-3H3,(H,29,32). The SMILES string of the molecule is CC(C)OCCCNC(=O)c1cc(-c2ccc(-c3cccc(S(C)(=O)=O)c3)s2)n(-c2ccccc2Cl)n1. The summed E-state index contributed by atoms with van der Waals surface area (Å²) in [6.45, 7) is 4.98. The van der Waals surface area contributed by atoms with Crippen molar-refractivity contribution in [2.24, 2.45) is 0 Å². The minimum atomic E-state index is -3.32. The molecule has 0 spiro atoms. The van der Waals surface area contributed by atoms with Gasteiger partial charge >= 0.3 is 0 Å². The fourth-order valence-electron chi connectivity index (χ4n) is 3.67. The van der Waals surface area contributed by atoms with Gasteiger partial charge in [-0.1, -0.05) is 35.9 Å². The molecule has 0 radical (unpaired) electrons. The van der Waals surface area contributed by atoms with Crippen LogP contribution in [0.15, 0.2) is 71.6 Å². The highest BCUT2D eigenvalue weighted by molar-refractivity contribution is 7.90. The van der Waals surface area contributed by atoms with Crippen molar-refractivity contribution in [2.45, 2.75) is 31.3 Å². The Labute approximate surface area is 226 Å². The van der Waals surface area contributed by atoms with E-state index in [0.29, 0.717) is 36.0 Å². The second kappa shape index (κ2) is 11.6. The van der Waals surface area contributed by atoms with Crippen LogP contribution in [0.4, 0.5) is 0 Å². The normalized spacial score (nSPS) is 11.7. The molecule has 10 heteroatoms. The summed E-state index contributed by atoms with van der Waals surface area (Å²) in [6, 6.07) is 19.8. The maximum atomic E-state index is 12.9. The van der Waals surface area contributed by atoms with Gasteiger partial charge in [-0.25, -0.2) is 13.1 Å². The molecule has 2 aromatic heterocycles. The zero-order valence-electron chi connectivity index (χ0n) is 20.8. The maximum Gasteiger partial charge on any atom is 0.271 e. The molecule has 2 aromatic carbocycles. The Morgan fingerprint density at radius 3 is 2.57 bits per heavy atom. The van der Waals surface area contributed by atoms with Crippen LogP contribution < -0.4 is 5.32 Å². The molecule has 1 amide bonds. The molecule has 0 unspecified atom stereocenters. The number of nitrogens with one attached hydrogen (secondary N) is 1. The molecule has 0 atom stereocenters. The summed E-state index contributed by atoms with van der Waals surface area (Å²) in [7, 11) is -3.32. The molecule has 0 aliphatic rings. The molecule has 0 aliphatic carbocycles. The molecule has 0 saturated carbocycles. The van der Waals surface area contributed by atoms with E-state index >= 15 is 0 Å². The van der Waals surface area contributed by atoms with E-state index in [4.69, 9.17) is 16.3 Å². The van der Waals surface area contributed by atoms with Crippen LogP contribution in [0.5, 0.6) is 0 Å². The monoisotopic (exact) mass is 557 g/mol. The zero-order valence-corrected chi connectivity index (χ0v) is 23.2. The molecule has 0 aliphatic heterocycles. The largest absolute Gasteiger partial charge is 0.379 e. The molecule has 0 fully saturated rings. The maximum absolute atomic E-state index is 12.9. The van der Waals surface area contributed by atoms with Gasteiger partial charge < -0.3 is 10.1 Å². The van der Waals surface area contributed by atoms with Crippen LogP contribution in [0.25, 0.3) is 26.7 Å². The number of rotatable bonds is 10. The second-order valence-electron chi connectivity index (χ2n) is 8.77. The Bertz CT molecular complexity index is 1510. The van der Waals surface area contributed by atoms with Crippen LogP contribution >= 0.6 is 22.9 Å². The quantitative estimate of drug-likeness (QED) is 0.246. The minimum absolute atomic E-state index is 0.147. The predicted octanol–water partition coefficient (Wildman–Crippen LogP) is 5.87. The van der Waals surface area contributed by atoms with Gasteiger partial charge in [0.25, 0.3) is 5.91 Å². The molecule has 37 heavy (non-hydrogen) atoms. The second-order valence-corrected chi connectivity index (χ2v) is 12.3. The van der Waals surface area contributed by atoms with Crippen LogP contribution in [-0.4, -0.2) is 49.6 Å². The van der Waals surface area contributed by atoms with Crippen molar-refractivity contribution in [3.8, 4) is 26.7 Å². The Hall–Kier alpha value is -2.98. The number of sulfone groups is 1. The van der Waals surface area contributed by atoms with Crippen LogP contribution in [-0.2, 0) is 14.6 Å². The average molecular weight is 558 g/mol. The number of halogens is 1. The van der Waals surface area contributed by atoms with Crippen molar-refractivity contribution in [1.29, 1.82) is 0 Å². The number of hydrogen-bond donors (Lipinski definition) is 1. The third-order valence-corrected chi connectivity index (χ3v) is 8.07. The number of hydrogen-bond acceptors (Lipinski definition) is 6. The first-order valence-corrected chi connectivity index (χ1v) is 14.9. The summed E-state index contributed by atoms with van der Waals surface area (Å²) in [5.74, 6) is -0.283. The fraction of sp³-hybridized carbons (Fsp3) is 0.259. The summed E-state index contributed by atoms with van der Waals surface area (Å²) in [5, 5.41) is 7.99. The Kier molecular flexibility index (Phi) is 8.49. The van der Waals surface area contributed by atoms with Crippen molar-refractivity contribution in [1.82, 2.24) is 15.1 Å². The summed E-state index contributed by atoms with van der Waals surface area (Å²) >= 11 is 7.96. The van der Waals surface area contributed by atoms with Crippen molar-refractivity contribution >= 4 is 38.7 Å². The van der Waals surface area contributed by atoms with Crippen molar-refractivity contribution in [3.05, 3.63) is 77.4 Å². The van der Waals surface area contributed by atoms with E-state index in [9.17, 15) is 13.2 Å². The van der Waals surface area contributed by atoms with E-state index in [-0.39, 0.29) is 22.6 Å². The van der Waals surface area contributed by atoms with Gasteiger partial charge in [-0.05, 0) is 68.3 Å². The minimum Gasteiger partial charge on any atom is -0.379 e. The van der Waals surface area contributed by atoms with Gasteiger partial charge in [0.05, 0.1) is 32.3 Å². The van der Waals surface area contributed by atoms with Crippen LogP contribution in [0, 0.1) is 0 Å². The number of para-hydroxylation sites is 1. The Morgan fingerprint density at radius 1 is 1.08 bits per heavy atom. The van der Waals surface area contributed by atoms with Gasteiger partial charge in [-0.15, -0.1) is 11.3 Å². The van der Waals surface area contributed by atoms with Crippen molar-refractivity contribution in [3.63, 3.8) is 0 Å². The summed E-state index contributed by atoms with van der Waals surface area (Å²) in [5.41, 5.74) is 2.42. The van der Waals surface area contributed by atoms with Crippen LogP contribution in [0.1, 0.15) is 30.8 Å². The van der Waals surface area contributed by atoms with E-state index in [1.54, 1.807) is 35.0 Å². The number of amides is 1. The molecule has 4 aromatic rings. The lowest BCUT2D eigenvalue weighted by molar-refractivity contribution is 0.0756. The lowest BCUT2D eigenvalue weighted by atomic mass is 10.2. The molecule has 7 nitrogen and oxygen atoms in total. The van der Waals surface area contributed by atoms with Gasteiger partial charge in [0.1, 0.15) is 0 Å². The molecule has 194 valence electrons. The first-order valence-electron chi connectivity index (χ1n) is 11.8. The van der Waals surface area contributed by atoms with Gasteiger partial charge in [0.15, 0.2) is 15.5 Å². The first kappa shape index (κ1) is 27.1. The summed E-state index contributed by atoms with van der Waals surface area (Å²) < 4.78 is 31.2. The molecule has 1 N–H and O–H groups in total. The summed E-state index contributed by atoms with van der Waals surface area (Å²) in [6.07, 6.45) is 2.04. The number of thiophene rings is 1. The fourth-order valence-corrected chi connectivity index (χ4v) is 5.56. The average Bonchev–Trinajstić information content (AvgIpc) is 3.51. The lowest BCUT2D eigenvalue weighted by Crippen LogP contribution is -2.26. The molecule has 0 saturated heterocycles. The molecular formula is C27H28ClN3O4S2. The topological polar surface area (TPSA) is 90.3 Å². The van der Waals surface area contributed by atoms with E-state index in [2.05, 4.69) is 10.4 Å². The predicted molar refractivity (Wildman–Crippen MR) is 148 cm³/mol. The van der Waals surface area contributed by atoms with E-state index < -0.39 is 9.84 Å². The molecule has 2 heterocycles. The third kappa shape index (κ3) is 6.67. The third-order valence-electron chi connectivity index (χ3n) is 5.49. The highest BCUT2D eigenvalue weighted by Crippen LogP contribution is 2.37. The smallest absolute Gasteiger partial charge is 0.271 e. The molecule has 4 rings (SSSR count). The van der Waals surface area contributed by atoms with Crippen LogP contribution in [0.3, 0.4) is 0 Å². The number of carbonyl (C=O) groups is 1. The summed E-state index contributed by atoms with van der Waals surface area (Å²) in [4.78, 5) is 14.9. The van der Waals surface area contributed by atoms with Gasteiger partial charge in [-0.3, -0.25) is 4.79 Å². The highest BCUT2D eigenvalue weighted by atomic mass is 35.5. The number of carbonyl (C=O) groups excluding carboxylic acids is 1. The van der Waals surface area contributed by atoms with E-state index in [1.807, 2.05) is 50.2 Å². The first-order chi connectivity index (χ1) is 17.6. The van der Waals surface area contributed by atoms with E-state index in [0.717, 1.165) is 15.3 Å². The zero-order chi connectivity index (χ0) is 26.6. The number of aromatic nitrogens is 2. The van der Waals surface area contributed by atoms with Crippen molar-refractivity contribution in [2.75, 3.05) is 19.4 Å². The lowest BCUT2D eigenvalue weighted by Gasteiger charge is -2.08. The van der Waals surface area contributed by atoms with Gasteiger partial charge in [0.2, 0.25) is 0 Å². The van der Waals surface area contributed by atoms with Crippen molar-refractivity contribution < 1.29 is 17.9 Å². The highest BCUT2D eigenvalue weighted by Gasteiger charge is 2.20. The molecule has 0 bridgehead atoms. The van der Waals surface area contributed by atoms with Crippen LogP contribution in [0.2, 0.25) is 5.02 Å². The Balaban J connectivity index is 1.66. The van der Waals surface area contributed by atoms with Gasteiger partial charge in [0, 0.05) is 24.3 Å². The number of nitrogens with zero attached hydrogens (tertiary/aromatic N) is 2. The van der Waals surface area contributed by atoms with Gasteiger partial charge in [-0.2, -0.15) is 5.10 Å². The number of benzene rings is 2.